The molecule has 0 aliphatic heterocycles. The molecule has 0 amide bonds. The van der Waals surface area contributed by atoms with Crippen molar-refractivity contribution in [3.63, 3.8) is 0 Å². The van der Waals surface area contributed by atoms with Gasteiger partial charge in [-0.3, -0.25) is 0 Å². The van der Waals surface area contributed by atoms with E-state index in [0.29, 0.717) is 12.0 Å². The van der Waals surface area contributed by atoms with E-state index in [2.05, 4.69) is 44.8 Å². The first-order valence-corrected chi connectivity index (χ1v) is 8.88. The fourth-order valence-corrected chi connectivity index (χ4v) is 3.34. The highest BCUT2D eigenvalue weighted by Crippen LogP contribution is 2.39. The van der Waals surface area contributed by atoms with Crippen LogP contribution in [0.15, 0.2) is 0 Å². The van der Waals surface area contributed by atoms with Gasteiger partial charge < -0.3 is 15.3 Å². The summed E-state index contributed by atoms with van der Waals surface area (Å²) in [7, 11) is 0. The number of nitrogens with one attached hydrogen (secondary N) is 1. The summed E-state index contributed by atoms with van der Waals surface area (Å²) in [6.45, 7) is 16.1. The van der Waals surface area contributed by atoms with Crippen molar-refractivity contribution in [1.82, 2.24) is 10.2 Å². The highest BCUT2D eigenvalue weighted by Gasteiger charge is 2.36. The molecule has 1 fully saturated rings. The molecule has 21 heavy (non-hydrogen) atoms. The van der Waals surface area contributed by atoms with Crippen molar-refractivity contribution >= 4 is 0 Å². The van der Waals surface area contributed by atoms with Gasteiger partial charge in [0.25, 0.3) is 0 Å². The second-order valence-corrected chi connectivity index (χ2v) is 8.23. The minimum atomic E-state index is 0.193. The van der Waals surface area contributed by atoms with Gasteiger partial charge in [0.2, 0.25) is 0 Å². The van der Waals surface area contributed by atoms with Gasteiger partial charge in [-0.05, 0) is 57.9 Å². The smallest absolute Gasteiger partial charge is 0.0443 e. The monoisotopic (exact) mass is 298 g/mol. The van der Waals surface area contributed by atoms with Crippen molar-refractivity contribution in [3.05, 3.63) is 0 Å². The second kappa shape index (κ2) is 8.50. The fourth-order valence-electron chi connectivity index (χ4n) is 3.34. The first-order valence-electron chi connectivity index (χ1n) is 8.88. The minimum absolute atomic E-state index is 0.193. The molecule has 0 unspecified atom stereocenters. The second-order valence-electron chi connectivity index (χ2n) is 8.23. The maximum absolute atomic E-state index is 9.09. The van der Waals surface area contributed by atoms with E-state index in [4.69, 9.17) is 5.11 Å². The van der Waals surface area contributed by atoms with Gasteiger partial charge in [-0.1, -0.05) is 26.7 Å². The van der Waals surface area contributed by atoms with Gasteiger partial charge >= 0.3 is 0 Å². The van der Waals surface area contributed by atoms with E-state index in [0.717, 1.165) is 32.0 Å². The Bertz CT molecular complexity index is 277. The first-order chi connectivity index (χ1) is 9.80. The van der Waals surface area contributed by atoms with Crippen LogP contribution in [0.5, 0.6) is 0 Å². The molecule has 126 valence electrons. The van der Waals surface area contributed by atoms with Gasteiger partial charge in [0.15, 0.2) is 0 Å². The number of nitrogens with zero attached hydrogens (tertiary/aromatic N) is 1. The van der Waals surface area contributed by atoms with Crippen LogP contribution in [-0.4, -0.2) is 48.3 Å². The highest BCUT2D eigenvalue weighted by atomic mass is 16.3. The molecule has 0 aromatic heterocycles. The maximum Gasteiger partial charge on any atom is 0.0443 e. The summed E-state index contributed by atoms with van der Waals surface area (Å²) in [5.41, 5.74) is 0.615. The zero-order chi connectivity index (χ0) is 15.9. The van der Waals surface area contributed by atoms with Crippen molar-refractivity contribution in [2.45, 2.75) is 72.3 Å². The normalized spacial score (nSPS) is 27.3. The van der Waals surface area contributed by atoms with E-state index in [9.17, 15) is 0 Å². The van der Waals surface area contributed by atoms with Crippen molar-refractivity contribution in [2.24, 2.45) is 11.3 Å². The Hall–Kier alpha value is -0.120. The lowest BCUT2D eigenvalue weighted by Gasteiger charge is -2.44. The predicted molar refractivity (Wildman–Crippen MR) is 91.6 cm³/mol. The van der Waals surface area contributed by atoms with Crippen molar-refractivity contribution in [2.75, 3.05) is 32.8 Å². The van der Waals surface area contributed by atoms with Gasteiger partial charge in [-0.15, -0.1) is 0 Å². The lowest BCUT2D eigenvalue weighted by atomic mass is 9.70. The first kappa shape index (κ1) is 18.9. The molecule has 0 aromatic carbocycles. The molecule has 0 spiro atoms. The number of aliphatic hydroxyl groups excluding tert-OH is 1. The van der Waals surface area contributed by atoms with E-state index in [1.165, 1.54) is 32.2 Å². The molecular formula is C18H38N2O. The maximum atomic E-state index is 9.09. The van der Waals surface area contributed by atoms with Crippen LogP contribution in [0.4, 0.5) is 0 Å². The zero-order valence-electron chi connectivity index (χ0n) is 15.0. The van der Waals surface area contributed by atoms with Crippen LogP contribution in [0, 0.1) is 11.3 Å². The summed E-state index contributed by atoms with van der Waals surface area (Å²) in [5.74, 6) is 0.889. The van der Waals surface area contributed by atoms with Crippen LogP contribution < -0.4 is 5.32 Å². The summed E-state index contributed by atoms with van der Waals surface area (Å²) >= 11 is 0. The van der Waals surface area contributed by atoms with Crippen LogP contribution in [-0.2, 0) is 0 Å². The molecule has 0 bridgehead atoms. The van der Waals surface area contributed by atoms with E-state index >= 15 is 0 Å². The van der Waals surface area contributed by atoms with Crippen LogP contribution in [0.1, 0.15) is 66.7 Å². The van der Waals surface area contributed by atoms with Crippen LogP contribution in [0.2, 0.25) is 0 Å². The van der Waals surface area contributed by atoms with Gasteiger partial charge in [-0.25, -0.2) is 0 Å². The van der Waals surface area contributed by atoms with Gasteiger partial charge in [-0.2, -0.15) is 0 Å². The number of hydrogen-bond acceptors (Lipinski definition) is 3. The minimum Gasteiger partial charge on any atom is -0.396 e. The van der Waals surface area contributed by atoms with Crippen LogP contribution in [0.25, 0.3) is 0 Å². The van der Waals surface area contributed by atoms with E-state index < -0.39 is 0 Å². The average molecular weight is 299 g/mol. The predicted octanol–water partition coefficient (Wildman–Crippen LogP) is 3.28. The molecule has 1 rings (SSSR count). The fraction of sp³-hybridized carbons (Fsp3) is 1.00. The number of rotatable bonds is 8. The van der Waals surface area contributed by atoms with Crippen molar-refractivity contribution < 1.29 is 5.11 Å². The molecule has 0 saturated heterocycles. The van der Waals surface area contributed by atoms with Crippen molar-refractivity contribution in [3.8, 4) is 0 Å². The van der Waals surface area contributed by atoms with Crippen LogP contribution in [0.3, 0.4) is 0 Å². The molecule has 0 atom stereocenters. The lowest BCUT2D eigenvalue weighted by Crippen LogP contribution is -2.50. The Morgan fingerprint density at radius 2 is 1.86 bits per heavy atom. The molecule has 0 heterocycles. The summed E-state index contributed by atoms with van der Waals surface area (Å²) < 4.78 is 0. The SMILES string of the molecule is CCN(CCCO)CC1(CNC(C)(C)C)CCC(C)CC1. The summed E-state index contributed by atoms with van der Waals surface area (Å²) in [6, 6.07) is 0. The standard InChI is InChI=1S/C18H38N2O/c1-6-20(12-7-13-21)15-18(14-19-17(3,4)5)10-8-16(2)9-11-18/h16,19,21H,6-15H2,1-5H3. The Kier molecular flexibility index (Phi) is 7.66. The molecule has 2 N–H and O–H groups in total. The molecule has 0 radical (unpaired) electrons. The topological polar surface area (TPSA) is 35.5 Å². The number of hydrogen-bond donors (Lipinski definition) is 2. The lowest BCUT2D eigenvalue weighted by molar-refractivity contribution is 0.0788. The molecule has 1 aliphatic rings. The van der Waals surface area contributed by atoms with E-state index in [1.54, 1.807) is 0 Å². The quantitative estimate of drug-likeness (QED) is 0.722. The van der Waals surface area contributed by atoms with E-state index in [-0.39, 0.29) is 5.54 Å². The highest BCUT2D eigenvalue weighted by molar-refractivity contribution is 4.91. The Morgan fingerprint density at radius 3 is 2.33 bits per heavy atom. The molecule has 1 saturated carbocycles. The van der Waals surface area contributed by atoms with Gasteiger partial charge in [0, 0.05) is 31.8 Å². The molecule has 0 aromatic rings. The third-order valence-electron chi connectivity index (χ3n) is 4.97. The summed E-state index contributed by atoms with van der Waals surface area (Å²) in [6.07, 6.45) is 6.31. The average Bonchev–Trinajstić information content (AvgIpc) is 2.43. The van der Waals surface area contributed by atoms with Crippen molar-refractivity contribution in [1.29, 1.82) is 0 Å². The Balaban J connectivity index is 2.66. The summed E-state index contributed by atoms with van der Waals surface area (Å²) in [4.78, 5) is 2.54. The van der Waals surface area contributed by atoms with E-state index in [1.807, 2.05) is 0 Å². The molecular weight excluding hydrogens is 260 g/mol. The number of aliphatic hydroxyl groups is 1. The third-order valence-corrected chi connectivity index (χ3v) is 4.97. The molecule has 1 aliphatic carbocycles. The summed E-state index contributed by atoms with van der Waals surface area (Å²) in [5, 5.41) is 12.8. The largest absolute Gasteiger partial charge is 0.396 e. The Morgan fingerprint density at radius 1 is 1.24 bits per heavy atom. The van der Waals surface area contributed by atoms with Gasteiger partial charge in [0.05, 0.1) is 0 Å². The third kappa shape index (κ3) is 7.12. The van der Waals surface area contributed by atoms with Crippen LogP contribution >= 0.6 is 0 Å². The van der Waals surface area contributed by atoms with Gasteiger partial charge in [0.1, 0.15) is 0 Å². The zero-order valence-corrected chi connectivity index (χ0v) is 15.0. The molecule has 3 heteroatoms. The Labute approximate surface area is 132 Å². The molecule has 3 nitrogen and oxygen atoms in total.